The second kappa shape index (κ2) is 4.99. The van der Waals surface area contributed by atoms with Crippen molar-refractivity contribution in [3.8, 4) is 6.07 Å². The molecule has 2 rings (SSSR count). The summed E-state index contributed by atoms with van der Waals surface area (Å²) in [6, 6.07) is 15.3. The van der Waals surface area contributed by atoms with E-state index in [0.29, 0.717) is 5.02 Å². The Morgan fingerprint density at radius 2 is 1.41 bits per heavy atom. The van der Waals surface area contributed by atoms with E-state index in [4.69, 9.17) is 11.6 Å². The molecule has 0 fully saturated rings. The second-order valence-electron chi connectivity index (χ2n) is 3.67. The fraction of sp³-hybridized carbons (Fsp3) is 0.0714. The molecule has 0 N–H and O–H groups in total. The Labute approximate surface area is 104 Å². The highest BCUT2D eigenvalue weighted by molar-refractivity contribution is 6.30. The molecule has 0 aliphatic heterocycles. The summed E-state index contributed by atoms with van der Waals surface area (Å²) in [5.41, 5.74) is 1.62. The molecule has 0 saturated carbocycles. The van der Waals surface area contributed by atoms with Crippen molar-refractivity contribution in [1.82, 2.24) is 0 Å². The van der Waals surface area contributed by atoms with Gasteiger partial charge in [0.2, 0.25) is 0 Å². The smallest absolute Gasteiger partial charge is 0.123 e. The van der Waals surface area contributed by atoms with Gasteiger partial charge >= 0.3 is 0 Å². The van der Waals surface area contributed by atoms with Crippen LogP contribution >= 0.6 is 11.6 Å². The van der Waals surface area contributed by atoms with E-state index in [2.05, 4.69) is 6.07 Å². The standard InChI is InChI=1S/C14H9ClFN/c15-12-5-1-10(2-6-12)14(9-17)11-3-7-13(16)8-4-11/h1-8,14H/t14-/m1/s1. The summed E-state index contributed by atoms with van der Waals surface area (Å²) in [6.07, 6.45) is 0. The maximum absolute atomic E-state index is 12.8. The molecule has 0 aliphatic carbocycles. The third-order valence-electron chi connectivity index (χ3n) is 2.54. The Bertz CT molecular complexity index is 494. The van der Waals surface area contributed by atoms with Crippen LogP contribution in [0.4, 0.5) is 4.39 Å². The molecule has 17 heavy (non-hydrogen) atoms. The zero-order valence-corrected chi connectivity index (χ0v) is 9.66. The highest BCUT2D eigenvalue weighted by Gasteiger charge is 2.12. The third kappa shape index (κ3) is 2.64. The minimum absolute atomic E-state index is 0.304. The first-order valence-corrected chi connectivity index (χ1v) is 5.49. The molecule has 0 spiro atoms. The lowest BCUT2D eigenvalue weighted by Gasteiger charge is -2.09. The first-order chi connectivity index (χ1) is 8.20. The lowest BCUT2D eigenvalue weighted by atomic mass is 9.93. The first-order valence-electron chi connectivity index (χ1n) is 5.11. The fourth-order valence-electron chi connectivity index (χ4n) is 1.65. The van der Waals surface area contributed by atoms with Gasteiger partial charge in [-0.1, -0.05) is 35.9 Å². The molecule has 0 aliphatic rings. The minimum atomic E-state index is -0.395. The summed E-state index contributed by atoms with van der Waals surface area (Å²) < 4.78 is 12.8. The maximum atomic E-state index is 12.8. The van der Waals surface area contributed by atoms with Gasteiger partial charge in [0.15, 0.2) is 0 Å². The lowest BCUT2D eigenvalue weighted by molar-refractivity contribution is 0.627. The van der Waals surface area contributed by atoms with Gasteiger partial charge in [-0.3, -0.25) is 0 Å². The molecule has 1 nitrogen and oxygen atoms in total. The van der Waals surface area contributed by atoms with Gasteiger partial charge in [-0.25, -0.2) is 4.39 Å². The average Bonchev–Trinajstić information content (AvgIpc) is 2.35. The van der Waals surface area contributed by atoms with Gasteiger partial charge in [0, 0.05) is 5.02 Å². The predicted molar refractivity (Wildman–Crippen MR) is 65.3 cm³/mol. The number of hydrogen-bond donors (Lipinski definition) is 0. The maximum Gasteiger partial charge on any atom is 0.123 e. The van der Waals surface area contributed by atoms with Gasteiger partial charge in [-0.05, 0) is 35.4 Å². The lowest BCUT2D eigenvalue weighted by Crippen LogP contribution is -1.97. The van der Waals surface area contributed by atoms with Gasteiger partial charge < -0.3 is 0 Å². The van der Waals surface area contributed by atoms with Crippen LogP contribution in [0.2, 0.25) is 5.02 Å². The van der Waals surface area contributed by atoms with Gasteiger partial charge in [0.25, 0.3) is 0 Å². The molecular formula is C14H9ClFN. The number of halogens is 2. The van der Waals surface area contributed by atoms with Crippen LogP contribution in [0.25, 0.3) is 0 Å². The molecular weight excluding hydrogens is 237 g/mol. The number of rotatable bonds is 2. The summed E-state index contributed by atoms with van der Waals surface area (Å²) in [7, 11) is 0. The zero-order valence-electron chi connectivity index (χ0n) is 8.90. The van der Waals surface area contributed by atoms with Crippen molar-refractivity contribution in [2.75, 3.05) is 0 Å². The van der Waals surface area contributed by atoms with E-state index in [1.54, 1.807) is 36.4 Å². The second-order valence-corrected chi connectivity index (χ2v) is 4.10. The molecule has 0 aromatic heterocycles. The first kappa shape index (κ1) is 11.6. The molecule has 0 radical (unpaired) electrons. The molecule has 0 saturated heterocycles. The Kier molecular flexibility index (Phi) is 3.41. The molecule has 0 unspecified atom stereocenters. The molecule has 1 atom stereocenters. The van der Waals surface area contributed by atoms with Gasteiger partial charge in [-0.15, -0.1) is 0 Å². The summed E-state index contributed by atoms with van der Waals surface area (Å²) in [6.45, 7) is 0. The molecule has 0 amide bonds. The van der Waals surface area contributed by atoms with Crippen molar-refractivity contribution < 1.29 is 4.39 Å². The molecule has 2 aromatic carbocycles. The van der Waals surface area contributed by atoms with E-state index in [9.17, 15) is 9.65 Å². The summed E-state index contributed by atoms with van der Waals surface area (Å²) in [5, 5.41) is 9.82. The molecule has 0 heterocycles. The summed E-state index contributed by atoms with van der Waals surface area (Å²) in [4.78, 5) is 0. The van der Waals surface area contributed by atoms with Crippen LogP contribution in [0.3, 0.4) is 0 Å². The van der Waals surface area contributed by atoms with Crippen molar-refractivity contribution in [1.29, 1.82) is 5.26 Å². The highest BCUT2D eigenvalue weighted by atomic mass is 35.5. The molecule has 3 heteroatoms. The van der Waals surface area contributed by atoms with Crippen LogP contribution in [0, 0.1) is 17.1 Å². The van der Waals surface area contributed by atoms with E-state index >= 15 is 0 Å². The van der Waals surface area contributed by atoms with Crippen LogP contribution < -0.4 is 0 Å². The van der Waals surface area contributed by atoms with Crippen molar-refractivity contribution >= 4 is 11.6 Å². The van der Waals surface area contributed by atoms with Crippen LogP contribution in [0.5, 0.6) is 0 Å². The van der Waals surface area contributed by atoms with E-state index in [1.165, 1.54) is 12.1 Å². The van der Waals surface area contributed by atoms with Gasteiger partial charge in [0.1, 0.15) is 5.82 Å². The fourth-order valence-corrected chi connectivity index (χ4v) is 1.78. The quantitative estimate of drug-likeness (QED) is 0.780. The largest absolute Gasteiger partial charge is 0.207 e. The minimum Gasteiger partial charge on any atom is -0.207 e. The van der Waals surface area contributed by atoms with E-state index in [1.807, 2.05) is 0 Å². The van der Waals surface area contributed by atoms with Gasteiger partial charge in [-0.2, -0.15) is 5.26 Å². The van der Waals surface area contributed by atoms with Crippen LogP contribution in [0.1, 0.15) is 17.0 Å². The number of nitrogens with zero attached hydrogens (tertiary/aromatic N) is 1. The van der Waals surface area contributed by atoms with Gasteiger partial charge in [0.05, 0.1) is 12.0 Å². The molecule has 2 aromatic rings. The van der Waals surface area contributed by atoms with Crippen LogP contribution in [-0.4, -0.2) is 0 Å². The number of hydrogen-bond acceptors (Lipinski definition) is 1. The number of benzene rings is 2. The molecule has 84 valence electrons. The monoisotopic (exact) mass is 245 g/mol. The predicted octanol–water partition coefficient (Wildman–Crippen LogP) is 4.13. The Hall–Kier alpha value is -1.85. The topological polar surface area (TPSA) is 23.8 Å². The Morgan fingerprint density at radius 1 is 0.941 bits per heavy atom. The summed E-state index contributed by atoms with van der Waals surface area (Å²) in [5.74, 6) is -0.700. The van der Waals surface area contributed by atoms with Crippen molar-refractivity contribution in [2.24, 2.45) is 0 Å². The van der Waals surface area contributed by atoms with E-state index < -0.39 is 5.92 Å². The number of nitriles is 1. The Morgan fingerprint density at radius 3 is 1.88 bits per heavy atom. The SMILES string of the molecule is N#C[C@@H](c1ccc(F)cc1)c1ccc(Cl)cc1. The zero-order chi connectivity index (χ0) is 12.3. The molecule has 0 bridgehead atoms. The van der Waals surface area contributed by atoms with Crippen molar-refractivity contribution in [3.05, 3.63) is 70.5 Å². The van der Waals surface area contributed by atoms with Crippen LogP contribution in [0.15, 0.2) is 48.5 Å². The highest BCUT2D eigenvalue weighted by Crippen LogP contribution is 2.25. The van der Waals surface area contributed by atoms with E-state index in [-0.39, 0.29) is 5.82 Å². The van der Waals surface area contributed by atoms with Crippen molar-refractivity contribution in [3.63, 3.8) is 0 Å². The Balaban J connectivity index is 2.37. The average molecular weight is 246 g/mol. The normalized spacial score (nSPS) is 11.8. The van der Waals surface area contributed by atoms with Crippen molar-refractivity contribution in [2.45, 2.75) is 5.92 Å². The van der Waals surface area contributed by atoms with E-state index in [0.717, 1.165) is 11.1 Å². The van der Waals surface area contributed by atoms with Crippen LogP contribution in [-0.2, 0) is 0 Å². The summed E-state index contributed by atoms with van der Waals surface area (Å²) >= 11 is 5.79. The third-order valence-corrected chi connectivity index (χ3v) is 2.79.